The highest BCUT2D eigenvalue weighted by atomic mass is 79.9. The van der Waals surface area contributed by atoms with Crippen LogP contribution < -0.4 is 15.2 Å². The molecule has 98 valence electrons. The fourth-order valence-electron chi connectivity index (χ4n) is 1.45. The third-order valence-corrected chi connectivity index (χ3v) is 2.94. The van der Waals surface area contributed by atoms with Crippen molar-refractivity contribution in [3.63, 3.8) is 0 Å². The minimum absolute atomic E-state index is 0. The number of alkyl halides is 1. The molecular formula is C11H16BrClFNO2. The fourth-order valence-corrected chi connectivity index (χ4v) is 1.93. The van der Waals surface area contributed by atoms with Gasteiger partial charge >= 0.3 is 0 Å². The lowest BCUT2D eigenvalue weighted by Gasteiger charge is -2.16. The van der Waals surface area contributed by atoms with E-state index in [1.807, 2.05) is 0 Å². The first-order valence-electron chi connectivity index (χ1n) is 4.87. The molecule has 0 unspecified atom stereocenters. The first-order valence-corrected chi connectivity index (χ1v) is 5.66. The summed E-state index contributed by atoms with van der Waals surface area (Å²) in [4.78, 5) is 0. The van der Waals surface area contributed by atoms with Crippen molar-refractivity contribution >= 4 is 28.3 Å². The van der Waals surface area contributed by atoms with E-state index in [1.54, 1.807) is 26.4 Å². The van der Waals surface area contributed by atoms with E-state index in [4.69, 9.17) is 15.2 Å². The molecule has 1 aromatic carbocycles. The third kappa shape index (κ3) is 4.01. The second-order valence-electron chi connectivity index (χ2n) is 3.31. The summed E-state index contributed by atoms with van der Waals surface area (Å²) >= 11 is 3.35. The third-order valence-electron chi connectivity index (χ3n) is 2.32. The Hall–Kier alpha value is -0.520. The Kier molecular flexibility index (Phi) is 7.50. The molecule has 0 amide bonds. The van der Waals surface area contributed by atoms with Crippen molar-refractivity contribution in [2.24, 2.45) is 5.73 Å². The van der Waals surface area contributed by atoms with Gasteiger partial charge in [-0.25, -0.2) is 0 Å². The molecule has 2 N–H and O–H groups in total. The first kappa shape index (κ1) is 16.5. The SMILES string of the molecule is COc1cc([C@H](N)CCF)c(OC)cc1Br.Cl. The summed E-state index contributed by atoms with van der Waals surface area (Å²) in [6, 6.07) is 3.15. The van der Waals surface area contributed by atoms with Crippen LogP contribution in [-0.4, -0.2) is 20.9 Å². The minimum atomic E-state index is -0.456. The van der Waals surface area contributed by atoms with Gasteiger partial charge in [0.2, 0.25) is 0 Å². The molecule has 1 atom stereocenters. The van der Waals surface area contributed by atoms with Gasteiger partial charge in [0.25, 0.3) is 0 Å². The molecule has 1 rings (SSSR count). The van der Waals surface area contributed by atoms with E-state index in [0.29, 0.717) is 11.5 Å². The van der Waals surface area contributed by atoms with Gasteiger partial charge in [-0.3, -0.25) is 4.39 Å². The highest BCUT2D eigenvalue weighted by Crippen LogP contribution is 2.35. The highest BCUT2D eigenvalue weighted by Gasteiger charge is 2.15. The van der Waals surface area contributed by atoms with Crippen LogP contribution in [0.1, 0.15) is 18.0 Å². The maximum atomic E-state index is 12.3. The molecule has 0 heterocycles. The molecule has 6 heteroatoms. The van der Waals surface area contributed by atoms with Crippen LogP contribution in [0.5, 0.6) is 11.5 Å². The van der Waals surface area contributed by atoms with E-state index in [0.717, 1.165) is 10.0 Å². The van der Waals surface area contributed by atoms with Gasteiger partial charge in [-0.1, -0.05) is 0 Å². The molecule has 0 fully saturated rings. The maximum Gasteiger partial charge on any atom is 0.133 e. The fraction of sp³-hybridized carbons (Fsp3) is 0.455. The quantitative estimate of drug-likeness (QED) is 0.902. The number of ether oxygens (including phenoxy) is 2. The van der Waals surface area contributed by atoms with Crippen LogP contribution in [-0.2, 0) is 0 Å². The van der Waals surface area contributed by atoms with Crippen molar-refractivity contribution in [2.45, 2.75) is 12.5 Å². The Morgan fingerprint density at radius 3 is 2.35 bits per heavy atom. The molecule has 0 spiro atoms. The number of rotatable bonds is 5. The van der Waals surface area contributed by atoms with Crippen molar-refractivity contribution in [1.29, 1.82) is 0 Å². The molecule has 17 heavy (non-hydrogen) atoms. The lowest BCUT2D eigenvalue weighted by Crippen LogP contribution is -2.12. The monoisotopic (exact) mass is 327 g/mol. The number of methoxy groups -OCH3 is 2. The number of nitrogens with two attached hydrogens (primary N) is 1. The van der Waals surface area contributed by atoms with Gasteiger partial charge in [-0.2, -0.15) is 0 Å². The molecule has 0 saturated carbocycles. The summed E-state index contributed by atoms with van der Waals surface area (Å²) in [5.74, 6) is 1.29. The molecule has 1 aromatic rings. The van der Waals surface area contributed by atoms with Crippen molar-refractivity contribution in [2.75, 3.05) is 20.9 Å². The average Bonchev–Trinajstić information content (AvgIpc) is 2.28. The van der Waals surface area contributed by atoms with E-state index in [1.165, 1.54) is 0 Å². The minimum Gasteiger partial charge on any atom is -0.496 e. The van der Waals surface area contributed by atoms with Crippen molar-refractivity contribution in [1.82, 2.24) is 0 Å². The van der Waals surface area contributed by atoms with Gasteiger partial charge in [0.05, 0.1) is 25.4 Å². The van der Waals surface area contributed by atoms with Gasteiger partial charge in [-0.05, 0) is 34.5 Å². The summed E-state index contributed by atoms with van der Waals surface area (Å²) in [6.07, 6.45) is 0.265. The van der Waals surface area contributed by atoms with E-state index in [2.05, 4.69) is 15.9 Å². The summed E-state index contributed by atoms with van der Waals surface area (Å²) in [6.45, 7) is -0.456. The van der Waals surface area contributed by atoms with Crippen LogP contribution in [0, 0.1) is 0 Å². The second kappa shape index (κ2) is 7.74. The van der Waals surface area contributed by atoms with E-state index < -0.39 is 6.67 Å². The van der Waals surface area contributed by atoms with Crippen molar-refractivity contribution in [3.8, 4) is 11.5 Å². The number of hydrogen-bond acceptors (Lipinski definition) is 3. The molecule has 0 radical (unpaired) electrons. The van der Waals surface area contributed by atoms with Crippen LogP contribution in [0.15, 0.2) is 16.6 Å². The summed E-state index contributed by atoms with van der Waals surface area (Å²) < 4.78 is 23.4. The Labute approximate surface area is 115 Å². The van der Waals surface area contributed by atoms with Gasteiger partial charge < -0.3 is 15.2 Å². The Morgan fingerprint density at radius 2 is 1.88 bits per heavy atom. The first-order chi connectivity index (χ1) is 7.63. The maximum absolute atomic E-state index is 12.3. The van der Waals surface area contributed by atoms with E-state index >= 15 is 0 Å². The van der Waals surface area contributed by atoms with Crippen molar-refractivity contribution in [3.05, 3.63) is 22.2 Å². The summed E-state index contributed by atoms with van der Waals surface area (Å²) in [7, 11) is 3.12. The molecule has 0 saturated heterocycles. The van der Waals surface area contributed by atoms with Gasteiger partial charge in [0.1, 0.15) is 11.5 Å². The van der Waals surface area contributed by atoms with Gasteiger partial charge in [-0.15, -0.1) is 12.4 Å². The molecule has 0 aliphatic rings. The number of halogens is 3. The summed E-state index contributed by atoms with van der Waals surface area (Å²) in [5, 5.41) is 0. The van der Waals surface area contributed by atoms with Crippen LogP contribution >= 0.6 is 28.3 Å². The lowest BCUT2D eigenvalue weighted by molar-refractivity contribution is 0.385. The van der Waals surface area contributed by atoms with Crippen molar-refractivity contribution < 1.29 is 13.9 Å². The zero-order valence-corrected chi connectivity index (χ0v) is 12.1. The predicted molar refractivity (Wildman–Crippen MR) is 72.0 cm³/mol. The van der Waals surface area contributed by atoms with Gasteiger partial charge in [0, 0.05) is 11.6 Å². The Balaban J connectivity index is 0.00000256. The lowest BCUT2D eigenvalue weighted by atomic mass is 10.0. The van der Waals surface area contributed by atoms with E-state index in [9.17, 15) is 4.39 Å². The topological polar surface area (TPSA) is 44.5 Å². The molecule has 0 aromatic heterocycles. The smallest absolute Gasteiger partial charge is 0.133 e. The Morgan fingerprint density at radius 1 is 1.29 bits per heavy atom. The standard InChI is InChI=1S/C11H15BrFNO2.ClH/c1-15-10-6-8(12)11(16-2)5-7(10)9(14)3-4-13;/h5-6,9H,3-4,14H2,1-2H3;1H/t9-;/m1./s1. The van der Waals surface area contributed by atoms with Crippen LogP contribution in [0.3, 0.4) is 0 Å². The zero-order valence-electron chi connectivity index (χ0n) is 9.70. The molecule has 0 bridgehead atoms. The molecular weight excluding hydrogens is 312 g/mol. The zero-order chi connectivity index (χ0) is 12.1. The second-order valence-corrected chi connectivity index (χ2v) is 4.17. The highest BCUT2D eigenvalue weighted by molar-refractivity contribution is 9.10. The molecule has 3 nitrogen and oxygen atoms in total. The van der Waals surface area contributed by atoms with Crippen LogP contribution in [0.4, 0.5) is 4.39 Å². The molecule has 0 aliphatic carbocycles. The Bertz CT molecular complexity index is 366. The average molecular weight is 329 g/mol. The van der Waals surface area contributed by atoms with Crippen LogP contribution in [0.25, 0.3) is 0 Å². The number of benzene rings is 1. The largest absolute Gasteiger partial charge is 0.496 e. The number of hydrogen-bond donors (Lipinski definition) is 1. The normalized spacial score (nSPS) is 11.6. The van der Waals surface area contributed by atoms with Crippen LogP contribution in [0.2, 0.25) is 0 Å². The summed E-state index contributed by atoms with van der Waals surface area (Å²) in [5.41, 5.74) is 6.61. The molecule has 0 aliphatic heterocycles. The van der Waals surface area contributed by atoms with Gasteiger partial charge in [0.15, 0.2) is 0 Å². The predicted octanol–water partition coefficient (Wildman–Crippen LogP) is 3.25. The van der Waals surface area contributed by atoms with E-state index in [-0.39, 0.29) is 24.9 Å².